The summed E-state index contributed by atoms with van der Waals surface area (Å²) in [5.74, 6) is 4.18. The molecule has 3 rings (SSSR count). The highest BCUT2D eigenvalue weighted by Crippen LogP contribution is 2.42. The molecule has 0 bridgehead atoms. The summed E-state index contributed by atoms with van der Waals surface area (Å²) in [6, 6.07) is 7.54. The van der Waals surface area contributed by atoms with Gasteiger partial charge in [0.1, 0.15) is 5.75 Å². The molecular weight excluding hydrogens is 316 g/mol. The predicted molar refractivity (Wildman–Crippen MR) is 112 cm³/mol. The van der Waals surface area contributed by atoms with Crippen LogP contribution in [0.3, 0.4) is 0 Å². The molecular formula is C25H38O. The van der Waals surface area contributed by atoms with E-state index in [0.717, 1.165) is 23.7 Å². The summed E-state index contributed by atoms with van der Waals surface area (Å²) < 4.78 is 0. The fraction of sp³-hybridized carbons (Fsp3) is 0.680. The highest BCUT2D eigenvalue weighted by atomic mass is 16.3. The third-order valence-electron chi connectivity index (χ3n) is 7.04. The van der Waals surface area contributed by atoms with E-state index >= 15 is 0 Å². The summed E-state index contributed by atoms with van der Waals surface area (Å²) in [7, 11) is 0. The maximum absolute atomic E-state index is 9.37. The van der Waals surface area contributed by atoms with Crippen molar-refractivity contribution in [2.75, 3.05) is 0 Å². The molecule has 0 atom stereocenters. The minimum absolute atomic E-state index is 0.350. The number of unbranched alkanes of at least 4 members (excludes halogenated alkanes) is 2. The van der Waals surface area contributed by atoms with Gasteiger partial charge >= 0.3 is 0 Å². The number of benzene rings is 1. The number of allylic oxidation sites excluding steroid dienone is 1. The Morgan fingerprint density at radius 2 is 1.46 bits per heavy atom. The van der Waals surface area contributed by atoms with Crippen molar-refractivity contribution >= 4 is 6.08 Å². The monoisotopic (exact) mass is 354 g/mol. The smallest absolute Gasteiger partial charge is 0.115 e. The number of aromatic hydroxyl groups is 1. The minimum Gasteiger partial charge on any atom is -0.508 e. The van der Waals surface area contributed by atoms with E-state index in [4.69, 9.17) is 0 Å². The number of rotatable bonds is 7. The highest BCUT2D eigenvalue weighted by Gasteiger charge is 2.30. The predicted octanol–water partition coefficient (Wildman–Crippen LogP) is 7.60. The zero-order chi connectivity index (χ0) is 18.2. The lowest BCUT2D eigenvalue weighted by molar-refractivity contribution is 0.151. The summed E-state index contributed by atoms with van der Waals surface area (Å²) >= 11 is 0. The Labute approximate surface area is 160 Å². The molecule has 1 aromatic carbocycles. The van der Waals surface area contributed by atoms with Gasteiger partial charge in [-0.3, -0.25) is 0 Å². The lowest BCUT2D eigenvalue weighted by Crippen LogP contribution is -2.25. The fourth-order valence-corrected chi connectivity index (χ4v) is 5.27. The largest absolute Gasteiger partial charge is 0.508 e. The first-order valence-corrected chi connectivity index (χ1v) is 11.2. The molecule has 0 aliphatic heterocycles. The van der Waals surface area contributed by atoms with Gasteiger partial charge in [0, 0.05) is 0 Å². The summed E-state index contributed by atoms with van der Waals surface area (Å²) in [5, 5.41) is 9.37. The molecule has 1 N–H and O–H groups in total. The van der Waals surface area contributed by atoms with Crippen molar-refractivity contribution in [1.82, 2.24) is 0 Å². The van der Waals surface area contributed by atoms with Crippen LogP contribution in [0, 0.1) is 23.7 Å². The molecule has 0 aromatic heterocycles. The Bertz CT molecular complexity index is 528. The average molecular weight is 355 g/mol. The molecule has 2 aliphatic carbocycles. The molecule has 2 aliphatic rings. The first-order valence-electron chi connectivity index (χ1n) is 11.2. The van der Waals surface area contributed by atoms with Crippen LogP contribution < -0.4 is 0 Å². The van der Waals surface area contributed by atoms with Crippen LogP contribution in [-0.2, 0) is 0 Å². The number of hydrogen-bond acceptors (Lipinski definition) is 1. The molecule has 0 amide bonds. The highest BCUT2D eigenvalue weighted by molar-refractivity contribution is 5.50. The molecule has 1 nitrogen and oxygen atoms in total. The fourth-order valence-electron chi connectivity index (χ4n) is 5.27. The Morgan fingerprint density at radius 3 is 2.08 bits per heavy atom. The van der Waals surface area contributed by atoms with E-state index in [9.17, 15) is 5.11 Å². The van der Waals surface area contributed by atoms with E-state index < -0.39 is 0 Å². The third-order valence-corrected chi connectivity index (χ3v) is 7.04. The van der Waals surface area contributed by atoms with Crippen LogP contribution in [0.4, 0.5) is 0 Å². The van der Waals surface area contributed by atoms with E-state index in [-0.39, 0.29) is 0 Å². The van der Waals surface area contributed by atoms with Crippen LogP contribution in [0.5, 0.6) is 5.75 Å². The molecule has 0 spiro atoms. The van der Waals surface area contributed by atoms with E-state index in [0.29, 0.717) is 5.75 Å². The van der Waals surface area contributed by atoms with Crippen molar-refractivity contribution in [2.45, 2.75) is 84.0 Å². The minimum atomic E-state index is 0.350. The van der Waals surface area contributed by atoms with E-state index in [2.05, 4.69) is 19.1 Å². The zero-order valence-corrected chi connectivity index (χ0v) is 16.7. The topological polar surface area (TPSA) is 20.2 Å². The van der Waals surface area contributed by atoms with Gasteiger partial charge in [-0.1, -0.05) is 69.7 Å². The quantitative estimate of drug-likeness (QED) is 0.500. The molecule has 0 heterocycles. The van der Waals surface area contributed by atoms with Gasteiger partial charge in [-0.25, -0.2) is 0 Å². The second-order valence-corrected chi connectivity index (χ2v) is 8.90. The molecule has 0 unspecified atom stereocenters. The van der Waals surface area contributed by atoms with Gasteiger partial charge in [0.2, 0.25) is 0 Å². The first-order chi connectivity index (χ1) is 12.7. The van der Waals surface area contributed by atoms with Gasteiger partial charge in [-0.15, -0.1) is 0 Å². The van der Waals surface area contributed by atoms with Crippen molar-refractivity contribution in [3.05, 3.63) is 35.9 Å². The summed E-state index contributed by atoms with van der Waals surface area (Å²) in [4.78, 5) is 0. The first kappa shape index (κ1) is 19.5. The SMILES string of the molecule is CCCCC[C@H]1CC[C@H]([C@H]2CC[C@H](C=Cc3ccc(O)cc3)CC2)CC1. The molecule has 2 fully saturated rings. The van der Waals surface area contributed by atoms with E-state index in [1.54, 1.807) is 12.1 Å². The van der Waals surface area contributed by atoms with Crippen molar-refractivity contribution in [3.63, 3.8) is 0 Å². The van der Waals surface area contributed by atoms with E-state index in [1.165, 1.54) is 82.6 Å². The maximum atomic E-state index is 9.37. The van der Waals surface area contributed by atoms with Gasteiger partial charge in [0.05, 0.1) is 0 Å². The Hall–Kier alpha value is -1.24. The van der Waals surface area contributed by atoms with Crippen molar-refractivity contribution in [3.8, 4) is 5.75 Å². The lowest BCUT2D eigenvalue weighted by atomic mass is 9.68. The van der Waals surface area contributed by atoms with Crippen LogP contribution in [0.2, 0.25) is 0 Å². The number of phenols is 1. The number of hydrogen-bond donors (Lipinski definition) is 1. The number of phenolic OH excluding ortho intramolecular Hbond substituents is 1. The van der Waals surface area contributed by atoms with Gasteiger partial charge in [-0.2, -0.15) is 0 Å². The average Bonchev–Trinajstić information content (AvgIpc) is 2.69. The lowest BCUT2D eigenvalue weighted by Gasteiger charge is -2.37. The van der Waals surface area contributed by atoms with Crippen molar-refractivity contribution in [2.24, 2.45) is 23.7 Å². The molecule has 144 valence electrons. The van der Waals surface area contributed by atoms with Crippen molar-refractivity contribution < 1.29 is 5.11 Å². The molecule has 2 saturated carbocycles. The Morgan fingerprint density at radius 1 is 0.846 bits per heavy atom. The Balaban J connectivity index is 1.37. The molecule has 0 saturated heterocycles. The third kappa shape index (κ3) is 5.89. The summed E-state index contributed by atoms with van der Waals surface area (Å²) in [5.41, 5.74) is 1.20. The van der Waals surface area contributed by atoms with E-state index in [1.807, 2.05) is 12.1 Å². The van der Waals surface area contributed by atoms with Crippen LogP contribution >= 0.6 is 0 Å². The van der Waals surface area contributed by atoms with Gasteiger partial charge < -0.3 is 5.11 Å². The molecule has 26 heavy (non-hydrogen) atoms. The molecule has 0 radical (unpaired) electrons. The molecule has 1 aromatic rings. The normalized spacial score (nSPS) is 29.9. The summed E-state index contributed by atoms with van der Waals surface area (Å²) in [6.07, 6.45) is 22.1. The van der Waals surface area contributed by atoms with Gasteiger partial charge in [0.25, 0.3) is 0 Å². The zero-order valence-electron chi connectivity index (χ0n) is 16.7. The standard InChI is InChI=1S/C25H38O/c1-2-3-4-5-20-8-14-23(15-9-20)24-16-10-21(11-17-24)6-7-22-12-18-25(26)19-13-22/h6-7,12-13,18-21,23-24,26H,2-5,8-11,14-17H2,1H3/t20-,21-,23-,24-. The van der Waals surface area contributed by atoms with Crippen LogP contribution in [-0.4, -0.2) is 5.11 Å². The van der Waals surface area contributed by atoms with Gasteiger partial charge in [0.15, 0.2) is 0 Å². The van der Waals surface area contributed by atoms with Gasteiger partial charge in [-0.05, 0) is 79.9 Å². The second kappa shape index (κ2) is 10.2. The Kier molecular flexibility index (Phi) is 7.65. The van der Waals surface area contributed by atoms with Crippen LogP contribution in [0.25, 0.3) is 6.08 Å². The van der Waals surface area contributed by atoms with Crippen LogP contribution in [0.1, 0.15) is 89.5 Å². The van der Waals surface area contributed by atoms with Crippen molar-refractivity contribution in [1.29, 1.82) is 0 Å². The molecule has 1 heteroatoms. The van der Waals surface area contributed by atoms with Crippen LogP contribution in [0.15, 0.2) is 30.3 Å². The maximum Gasteiger partial charge on any atom is 0.115 e. The summed E-state index contributed by atoms with van der Waals surface area (Å²) in [6.45, 7) is 2.31. The second-order valence-electron chi connectivity index (χ2n) is 8.90.